The number of piperidine rings is 1. The van der Waals surface area contributed by atoms with Gasteiger partial charge in [-0.25, -0.2) is 0 Å². The Morgan fingerprint density at radius 2 is 2.13 bits per heavy atom. The van der Waals surface area contributed by atoms with Crippen molar-refractivity contribution in [3.8, 4) is 0 Å². The molecule has 15 heavy (non-hydrogen) atoms. The highest BCUT2D eigenvalue weighted by Gasteiger charge is 2.22. The first-order valence-electron chi connectivity index (χ1n) is 6.11. The van der Waals surface area contributed by atoms with Crippen molar-refractivity contribution in [2.45, 2.75) is 45.8 Å². The molecular weight excluding hydrogens is 190 g/mol. The van der Waals surface area contributed by atoms with Crippen molar-refractivity contribution in [1.82, 2.24) is 4.90 Å². The third-order valence-electron chi connectivity index (χ3n) is 3.08. The number of hydrogen-bond donors (Lipinski definition) is 1. The normalized spacial score (nSPS) is 25.8. The van der Waals surface area contributed by atoms with Gasteiger partial charge in [0.15, 0.2) is 0 Å². The van der Waals surface area contributed by atoms with Crippen LogP contribution in [0.2, 0.25) is 0 Å². The molecule has 90 valence electrons. The lowest BCUT2D eigenvalue weighted by Crippen LogP contribution is -2.41. The first kappa shape index (κ1) is 12.9. The second kappa shape index (κ2) is 6.46. The van der Waals surface area contributed by atoms with Gasteiger partial charge >= 0.3 is 0 Å². The monoisotopic (exact) mass is 215 g/mol. The van der Waals surface area contributed by atoms with Crippen LogP contribution >= 0.6 is 0 Å². The molecule has 1 heterocycles. The van der Waals surface area contributed by atoms with Crippen molar-refractivity contribution >= 4 is 0 Å². The Hall–Kier alpha value is -0.120. The molecule has 2 unspecified atom stereocenters. The molecule has 1 saturated heterocycles. The molecule has 1 N–H and O–H groups in total. The average molecular weight is 215 g/mol. The second-order valence-electron chi connectivity index (χ2n) is 4.86. The molecular formula is C12H25NO2. The molecule has 0 radical (unpaired) electrons. The molecule has 1 aliphatic heterocycles. The van der Waals surface area contributed by atoms with E-state index in [0.29, 0.717) is 12.0 Å². The van der Waals surface area contributed by atoms with E-state index in [1.165, 1.54) is 12.8 Å². The third kappa shape index (κ3) is 4.96. The molecule has 1 aliphatic rings. The minimum atomic E-state index is -0.168. The van der Waals surface area contributed by atoms with E-state index >= 15 is 0 Å². The van der Waals surface area contributed by atoms with Crippen molar-refractivity contribution in [2.24, 2.45) is 5.92 Å². The summed E-state index contributed by atoms with van der Waals surface area (Å²) in [6, 6.07) is 0. The van der Waals surface area contributed by atoms with Gasteiger partial charge in [-0.15, -0.1) is 0 Å². The van der Waals surface area contributed by atoms with Gasteiger partial charge in [0.05, 0.1) is 18.8 Å². The lowest BCUT2D eigenvalue weighted by atomic mass is 9.93. The van der Waals surface area contributed by atoms with Crippen LogP contribution in [0.1, 0.15) is 33.6 Å². The Morgan fingerprint density at radius 1 is 1.40 bits per heavy atom. The van der Waals surface area contributed by atoms with E-state index in [1.807, 2.05) is 6.92 Å². The molecule has 1 fully saturated rings. The summed E-state index contributed by atoms with van der Waals surface area (Å²) in [6.45, 7) is 10.0. The van der Waals surface area contributed by atoms with Crippen LogP contribution in [-0.2, 0) is 4.74 Å². The lowest BCUT2D eigenvalue weighted by Gasteiger charge is -2.34. The van der Waals surface area contributed by atoms with Crippen LogP contribution < -0.4 is 0 Å². The molecule has 0 amide bonds. The van der Waals surface area contributed by atoms with E-state index in [0.717, 1.165) is 26.2 Å². The smallest absolute Gasteiger partial charge is 0.0596 e. The molecule has 0 spiro atoms. The number of likely N-dealkylation sites (tertiary alicyclic amines) is 1. The van der Waals surface area contributed by atoms with Crippen LogP contribution in [0.5, 0.6) is 0 Å². The van der Waals surface area contributed by atoms with Crippen molar-refractivity contribution in [3.05, 3.63) is 0 Å². The maximum absolute atomic E-state index is 9.55. The fraction of sp³-hybridized carbons (Fsp3) is 1.00. The average Bonchev–Trinajstić information content (AvgIpc) is 2.17. The van der Waals surface area contributed by atoms with Crippen molar-refractivity contribution in [2.75, 3.05) is 26.2 Å². The number of aliphatic hydroxyl groups is 1. The number of hydrogen-bond acceptors (Lipinski definition) is 3. The Bertz CT molecular complexity index is 171. The Morgan fingerprint density at radius 3 is 2.73 bits per heavy atom. The number of rotatable bonds is 5. The number of ether oxygens (including phenoxy) is 1. The highest BCUT2D eigenvalue weighted by Crippen LogP contribution is 2.19. The molecule has 0 saturated carbocycles. The maximum Gasteiger partial charge on any atom is 0.0596 e. The zero-order valence-electron chi connectivity index (χ0n) is 10.3. The molecule has 0 aromatic carbocycles. The summed E-state index contributed by atoms with van der Waals surface area (Å²) in [5.41, 5.74) is 0. The van der Waals surface area contributed by atoms with Gasteiger partial charge in [-0.2, -0.15) is 0 Å². The van der Waals surface area contributed by atoms with Crippen molar-refractivity contribution in [1.29, 1.82) is 0 Å². The highest BCUT2D eigenvalue weighted by atomic mass is 16.5. The fourth-order valence-electron chi connectivity index (χ4n) is 2.11. The summed E-state index contributed by atoms with van der Waals surface area (Å²) < 4.78 is 5.54. The minimum Gasteiger partial charge on any atom is -0.393 e. The molecule has 0 aliphatic carbocycles. The second-order valence-corrected chi connectivity index (χ2v) is 4.86. The van der Waals surface area contributed by atoms with Gasteiger partial charge in [-0.3, -0.25) is 0 Å². The van der Waals surface area contributed by atoms with Crippen molar-refractivity contribution < 1.29 is 9.84 Å². The largest absolute Gasteiger partial charge is 0.393 e. The molecule has 2 atom stereocenters. The topological polar surface area (TPSA) is 32.7 Å². The Labute approximate surface area is 93.4 Å². The fourth-order valence-corrected chi connectivity index (χ4v) is 2.11. The standard InChI is InChI=1S/C12H25NO2/c1-10(2)15-8-7-13-6-4-5-12(9-13)11(3)14/h10-12,14H,4-9H2,1-3H3. The van der Waals surface area contributed by atoms with Gasteiger partial charge in [0.1, 0.15) is 0 Å². The summed E-state index contributed by atoms with van der Waals surface area (Å²) in [6.07, 6.45) is 2.53. The van der Waals surface area contributed by atoms with E-state index in [9.17, 15) is 5.11 Å². The lowest BCUT2D eigenvalue weighted by molar-refractivity contribution is 0.0274. The third-order valence-corrected chi connectivity index (χ3v) is 3.08. The van der Waals surface area contributed by atoms with Crippen LogP contribution in [0.3, 0.4) is 0 Å². The molecule has 0 aromatic rings. The zero-order valence-corrected chi connectivity index (χ0v) is 10.3. The van der Waals surface area contributed by atoms with E-state index < -0.39 is 0 Å². The first-order valence-corrected chi connectivity index (χ1v) is 6.11. The number of aliphatic hydroxyl groups excluding tert-OH is 1. The van der Waals surface area contributed by atoms with Gasteiger partial charge in [-0.05, 0) is 46.1 Å². The summed E-state index contributed by atoms with van der Waals surface area (Å²) in [5, 5.41) is 9.55. The van der Waals surface area contributed by atoms with E-state index in [2.05, 4.69) is 18.7 Å². The zero-order chi connectivity index (χ0) is 11.3. The van der Waals surface area contributed by atoms with E-state index in [4.69, 9.17) is 4.74 Å². The van der Waals surface area contributed by atoms with Gasteiger partial charge in [0, 0.05) is 13.1 Å². The predicted octanol–water partition coefficient (Wildman–Crippen LogP) is 1.50. The van der Waals surface area contributed by atoms with E-state index in [1.54, 1.807) is 0 Å². The molecule has 1 rings (SSSR count). The van der Waals surface area contributed by atoms with Crippen LogP contribution in [0.15, 0.2) is 0 Å². The van der Waals surface area contributed by atoms with Crippen molar-refractivity contribution in [3.63, 3.8) is 0 Å². The summed E-state index contributed by atoms with van der Waals surface area (Å²) in [4.78, 5) is 2.41. The van der Waals surface area contributed by atoms with Crippen LogP contribution in [0.4, 0.5) is 0 Å². The maximum atomic E-state index is 9.55. The Kier molecular flexibility index (Phi) is 5.58. The van der Waals surface area contributed by atoms with Crippen LogP contribution in [0.25, 0.3) is 0 Å². The molecule has 0 bridgehead atoms. The minimum absolute atomic E-state index is 0.168. The molecule has 3 nitrogen and oxygen atoms in total. The van der Waals surface area contributed by atoms with Gasteiger partial charge < -0.3 is 14.7 Å². The molecule has 3 heteroatoms. The number of nitrogens with zero attached hydrogens (tertiary/aromatic N) is 1. The Balaban J connectivity index is 2.18. The van der Waals surface area contributed by atoms with Crippen LogP contribution in [-0.4, -0.2) is 48.5 Å². The summed E-state index contributed by atoms with van der Waals surface area (Å²) in [7, 11) is 0. The summed E-state index contributed by atoms with van der Waals surface area (Å²) in [5.74, 6) is 0.456. The predicted molar refractivity (Wildman–Crippen MR) is 61.9 cm³/mol. The quantitative estimate of drug-likeness (QED) is 0.754. The summed E-state index contributed by atoms with van der Waals surface area (Å²) >= 11 is 0. The van der Waals surface area contributed by atoms with Crippen LogP contribution in [0, 0.1) is 5.92 Å². The van der Waals surface area contributed by atoms with Gasteiger partial charge in [0.25, 0.3) is 0 Å². The SMILES string of the molecule is CC(C)OCCN1CCCC(C(C)O)C1. The van der Waals surface area contributed by atoms with E-state index in [-0.39, 0.29) is 6.10 Å². The van der Waals surface area contributed by atoms with Gasteiger partial charge in [-0.1, -0.05) is 0 Å². The first-order chi connectivity index (χ1) is 7.09. The highest BCUT2D eigenvalue weighted by molar-refractivity contribution is 4.76. The molecule has 0 aromatic heterocycles. The van der Waals surface area contributed by atoms with Gasteiger partial charge in [0.2, 0.25) is 0 Å².